The molecule has 2 N–H and O–H groups in total. The van der Waals surface area contributed by atoms with Gasteiger partial charge in [-0.15, -0.1) is 0 Å². The summed E-state index contributed by atoms with van der Waals surface area (Å²) in [4.78, 5) is 3.91. The Morgan fingerprint density at radius 2 is 2.22 bits per heavy atom. The Balaban J connectivity index is 2.12. The molecule has 1 aromatic carbocycles. The van der Waals surface area contributed by atoms with Gasteiger partial charge in [-0.05, 0) is 18.2 Å². The van der Waals surface area contributed by atoms with Crippen LogP contribution in [0.15, 0.2) is 36.5 Å². The van der Waals surface area contributed by atoms with Crippen molar-refractivity contribution in [3.63, 3.8) is 0 Å². The molecule has 0 atom stereocenters. The zero-order valence-corrected chi connectivity index (χ0v) is 9.43. The minimum Gasteiger partial charge on any atom is -0.489 e. The molecule has 0 aliphatic heterocycles. The monoisotopic (exact) mass is 243 g/mol. The summed E-state index contributed by atoms with van der Waals surface area (Å²) in [5, 5.41) is 8.85. The number of anilines is 1. The minimum absolute atomic E-state index is 0.0708. The third-order valence-electron chi connectivity index (χ3n) is 2.36. The molecule has 0 aliphatic carbocycles. The van der Waals surface area contributed by atoms with Crippen molar-refractivity contribution in [1.29, 1.82) is 5.26 Å². The van der Waals surface area contributed by atoms with Crippen LogP contribution in [0.25, 0.3) is 0 Å². The molecule has 0 radical (unpaired) electrons. The fourth-order valence-electron chi connectivity index (χ4n) is 1.41. The maximum absolute atomic E-state index is 13.2. The Morgan fingerprint density at radius 3 is 2.94 bits per heavy atom. The van der Waals surface area contributed by atoms with Crippen molar-refractivity contribution in [1.82, 2.24) is 4.98 Å². The molecule has 90 valence electrons. The summed E-state index contributed by atoms with van der Waals surface area (Å²) in [5.41, 5.74) is 6.38. The average molecular weight is 243 g/mol. The third-order valence-corrected chi connectivity index (χ3v) is 2.36. The lowest BCUT2D eigenvalue weighted by molar-refractivity contribution is 0.304. The van der Waals surface area contributed by atoms with Gasteiger partial charge in [0.05, 0.1) is 5.69 Å². The van der Waals surface area contributed by atoms with E-state index in [4.69, 9.17) is 15.7 Å². The molecule has 0 saturated carbocycles. The van der Waals surface area contributed by atoms with Gasteiger partial charge in [0.2, 0.25) is 0 Å². The highest BCUT2D eigenvalue weighted by Crippen LogP contribution is 2.19. The van der Waals surface area contributed by atoms with E-state index in [-0.39, 0.29) is 12.3 Å². The summed E-state index contributed by atoms with van der Waals surface area (Å²) < 4.78 is 18.6. The number of hydrogen-bond acceptors (Lipinski definition) is 4. The van der Waals surface area contributed by atoms with Crippen LogP contribution in [0.5, 0.6) is 5.75 Å². The standard InChI is InChI=1S/C13H10FN3O/c14-11-6-10(3-4-12(11)16)18-8-9-2-1-5-17-13(9)7-15/h1-6H,8,16H2. The molecular formula is C13H10FN3O. The predicted molar refractivity (Wildman–Crippen MR) is 64.1 cm³/mol. The minimum atomic E-state index is -0.529. The molecule has 0 fully saturated rings. The smallest absolute Gasteiger partial charge is 0.149 e. The van der Waals surface area contributed by atoms with Gasteiger partial charge in [-0.25, -0.2) is 9.37 Å². The first-order chi connectivity index (χ1) is 8.70. The third kappa shape index (κ3) is 2.55. The summed E-state index contributed by atoms with van der Waals surface area (Å²) in [6, 6.07) is 9.62. The molecule has 0 unspecified atom stereocenters. The van der Waals surface area contributed by atoms with Crippen molar-refractivity contribution in [3.05, 3.63) is 53.6 Å². The van der Waals surface area contributed by atoms with Gasteiger partial charge in [0, 0.05) is 17.8 Å². The van der Waals surface area contributed by atoms with Gasteiger partial charge in [-0.1, -0.05) is 6.07 Å². The Hall–Kier alpha value is -2.61. The van der Waals surface area contributed by atoms with E-state index in [9.17, 15) is 4.39 Å². The lowest BCUT2D eigenvalue weighted by Crippen LogP contribution is -2.00. The molecule has 5 heteroatoms. The summed E-state index contributed by atoms with van der Waals surface area (Å²) in [6.07, 6.45) is 1.53. The number of ether oxygens (including phenoxy) is 1. The van der Waals surface area contributed by atoms with Gasteiger partial charge in [0.25, 0.3) is 0 Å². The van der Waals surface area contributed by atoms with Gasteiger partial charge >= 0.3 is 0 Å². The quantitative estimate of drug-likeness (QED) is 0.839. The van der Waals surface area contributed by atoms with Gasteiger partial charge in [-0.2, -0.15) is 5.26 Å². The second-order valence-corrected chi connectivity index (χ2v) is 3.59. The van der Waals surface area contributed by atoms with E-state index < -0.39 is 5.82 Å². The van der Waals surface area contributed by atoms with Crippen molar-refractivity contribution in [3.8, 4) is 11.8 Å². The molecule has 0 bridgehead atoms. The second kappa shape index (κ2) is 5.15. The molecule has 1 aromatic heterocycles. The molecule has 2 aromatic rings. The summed E-state index contributed by atoms with van der Waals surface area (Å²) in [5.74, 6) is -0.173. The van der Waals surface area contributed by atoms with Crippen LogP contribution in [-0.2, 0) is 6.61 Å². The van der Waals surface area contributed by atoms with Crippen molar-refractivity contribution in [2.45, 2.75) is 6.61 Å². The van der Waals surface area contributed by atoms with Crippen LogP contribution in [0.2, 0.25) is 0 Å². The van der Waals surface area contributed by atoms with Crippen LogP contribution in [0.4, 0.5) is 10.1 Å². The van der Waals surface area contributed by atoms with Crippen LogP contribution in [0.1, 0.15) is 11.3 Å². The average Bonchev–Trinajstić information content (AvgIpc) is 2.40. The number of hydrogen-bond donors (Lipinski definition) is 1. The highest BCUT2D eigenvalue weighted by atomic mass is 19.1. The van der Waals surface area contributed by atoms with Crippen LogP contribution in [0.3, 0.4) is 0 Å². The summed E-state index contributed by atoms with van der Waals surface area (Å²) in [7, 11) is 0. The SMILES string of the molecule is N#Cc1ncccc1COc1ccc(N)c(F)c1. The number of halogens is 1. The molecule has 0 saturated heterocycles. The second-order valence-electron chi connectivity index (χ2n) is 3.59. The Bertz CT molecular complexity index is 607. The predicted octanol–water partition coefficient (Wildman–Crippen LogP) is 2.25. The topological polar surface area (TPSA) is 71.9 Å². The van der Waals surface area contributed by atoms with Crippen LogP contribution < -0.4 is 10.5 Å². The van der Waals surface area contributed by atoms with Gasteiger partial charge in [0.15, 0.2) is 0 Å². The fraction of sp³-hybridized carbons (Fsp3) is 0.0769. The van der Waals surface area contributed by atoms with Gasteiger partial charge < -0.3 is 10.5 Å². The number of aromatic nitrogens is 1. The number of benzene rings is 1. The number of nitriles is 1. The Morgan fingerprint density at radius 1 is 1.39 bits per heavy atom. The van der Waals surface area contributed by atoms with E-state index in [0.717, 1.165) is 0 Å². The van der Waals surface area contributed by atoms with E-state index >= 15 is 0 Å². The zero-order chi connectivity index (χ0) is 13.0. The Kier molecular flexibility index (Phi) is 3.39. The molecule has 4 nitrogen and oxygen atoms in total. The van der Waals surface area contributed by atoms with Crippen molar-refractivity contribution in [2.24, 2.45) is 0 Å². The van der Waals surface area contributed by atoms with E-state index in [2.05, 4.69) is 4.98 Å². The normalized spacial score (nSPS) is 9.78. The van der Waals surface area contributed by atoms with Gasteiger partial charge in [0.1, 0.15) is 29.9 Å². The lowest BCUT2D eigenvalue weighted by atomic mass is 10.2. The molecule has 0 spiro atoms. The molecular weight excluding hydrogens is 233 g/mol. The van der Waals surface area contributed by atoms with Gasteiger partial charge in [-0.3, -0.25) is 0 Å². The van der Waals surface area contributed by atoms with Crippen LogP contribution in [0, 0.1) is 17.1 Å². The summed E-state index contributed by atoms with van der Waals surface area (Å²) >= 11 is 0. The molecule has 0 amide bonds. The van der Waals surface area contributed by atoms with Crippen molar-refractivity contribution < 1.29 is 9.13 Å². The molecule has 2 rings (SSSR count). The highest BCUT2D eigenvalue weighted by molar-refractivity contribution is 5.43. The highest BCUT2D eigenvalue weighted by Gasteiger charge is 2.05. The van der Waals surface area contributed by atoms with E-state index in [1.54, 1.807) is 18.2 Å². The number of rotatable bonds is 3. The largest absolute Gasteiger partial charge is 0.489 e. The maximum atomic E-state index is 13.2. The molecule has 0 aliphatic rings. The number of pyridine rings is 1. The van der Waals surface area contributed by atoms with Crippen molar-refractivity contribution in [2.75, 3.05) is 5.73 Å². The number of nitrogens with two attached hydrogens (primary N) is 1. The first kappa shape index (κ1) is 11.9. The van der Waals surface area contributed by atoms with Crippen LogP contribution in [-0.4, -0.2) is 4.98 Å². The maximum Gasteiger partial charge on any atom is 0.149 e. The summed E-state index contributed by atoms with van der Waals surface area (Å²) in [6.45, 7) is 0.153. The zero-order valence-electron chi connectivity index (χ0n) is 9.43. The lowest BCUT2D eigenvalue weighted by Gasteiger charge is -2.07. The molecule has 1 heterocycles. The first-order valence-electron chi connectivity index (χ1n) is 5.22. The Labute approximate surface area is 103 Å². The molecule has 18 heavy (non-hydrogen) atoms. The van der Waals surface area contributed by atoms with E-state index in [1.807, 2.05) is 6.07 Å². The van der Waals surface area contributed by atoms with Crippen LogP contribution >= 0.6 is 0 Å². The number of nitrogens with zero attached hydrogens (tertiary/aromatic N) is 2. The van der Waals surface area contributed by atoms with Crippen molar-refractivity contribution >= 4 is 5.69 Å². The van der Waals surface area contributed by atoms with E-state index in [0.29, 0.717) is 17.0 Å². The first-order valence-corrected chi connectivity index (χ1v) is 5.22. The fourth-order valence-corrected chi connectivity index (χ4v) is 1.41. The van der Waals surface area contributed by atoms with E-state index in [1.165, 1.54) is 18.3 Å². The number of nitrogen functional groups attached to an aromatic ring is 1.